The quantitative estimate of drug-likeness (QED) is 0.787. The highest BCUT2D eigenvalue weighted by Gasteiger charge is 2.43. The monoisotopic (exact) mass is 307 g/mol. The van der Waals surface area contributed by atoms with Crippen LogP contribution in [0.25, 0.3) is 0 Å². The van der Waals surface area contributed by atoms with Gasteiger partial charge in [0.05, 0.1) is 12.5 Å². The molecule has 1 unspecified atom stereocenters. The molecular weight excluding hydrogens is 292 g/mol. The summed E-state index contributed by atoms with van der Waals surface area (Å²) in [4.78, 5) is 11.5. The molecule has 1 atom stereocenters. The number of aliphatic hydroxyl groups excluding tert-OH is 1. The van der Waals surface area contributed by atoms with E-state index in [9.17, 15) is 31.1 Å². The lowest BCUT2D eigenvalue weighted by Gasteiger charge is -2.29. The first-order chi connectivity index (χ1) is 9.01. The van der Waals surface area contributed by atoms with Crippen molar-refractivity contribution in [2.24, 2.45) is 11.8 Å². The Bertz CT molecular complexity index is 333. The number of alkyl halides is 6. The Balaban J connectivity index is 2.37. The van der Waals surface area contributed by atoms with Crippen molar-refractivity contribution in [1.82, 2.24) is 5.32 Å². The van der Waals surface area contributed by atoms with Crippen LogP contribution in [0.1, 0.15) is 25.7 Å². The van der Waals surface area contributed by atoms with Gasteiger partial charge in [-0.05, 0) is 25.7 Å². The normalized spacial score (nSPS) is 26.1. The number of nitrogens with one attached hydrogen (secondary N) is 1. The SMILES string of the molecule is O=C(NCC(O)C(F)(F)F)C1CCC(C(F)(F)F)CC1. The van der Waals surface area contributed by atoms with Gasteiger partial charge in [-0.15, -0.1) is 0 Å². The van der Waals surface area contributed by atoms with Gasteiger partial charge in [-0.25, -0.2) is 0 Å². The van der Waals surface area contributed by atoms with Crippen LogP contribution in [0.15, 0.2) is 0 Å². The molecule has 1 fully saturated rings. The molecule has 0 aromatic carbocycles. The lowest BCUT2D eigenvalue weighted by Crippen LogP contribution is -2.43. The van der Waals surface area contributed by atoms with Gasteiger partial charge < -0.3 is 10.4 Å². The van der Waals surface area contributed by atoms with Crippen LogP contribution in [-0.2, 0) is 4.79 Å². The largest absolute Gasteiger partial charge is 0.416 e. The van der Waals surface area contributed by atoms with E-state index in [0.29, 0.717) is 0 Å². The van der Waals surface area contributed by atoms with Crippen LogP contribution in [0.2, 0.25) is 0 Å². The second kappa shape index (κ2) is 6.19. The Morgan fingerprint density at radius 3 is 2.00 bits per heavy atom. The van der Waals surface area contributed by atoms with Crippen molar-refractivity contribution in [1.29, 1.82) is 0 Å². The van der Waals surface area contributed by atoms with Gasteiger partial charge in [0, 0.05) is 5.92 Å². The number of carbonyl (C=O) groups is 1. The highest BCUT2D eigenvalue weighted by Crippen LogP contribution is 2.39. The zero-order valence-corrected chi connectivity index (χ0v) is 10.4. The molecular formula is C11H15F6NO2. The van der Waals surface area contributed by atoms with Crippen molar-refractivity contribution in [3.63, 3.8) is 0 Å². The van der Waals surface area contributed by atoms with Crippen LogP contribution in [0.3, 0.4) is 0 Å². The lowest BCUT2D eigenvalue weighted by molar-refractivity contribution is -0.202. The van der Waals surface area contributed by atoms with E-state index in [2.05, 4.69) is 0 Å². The number of halogens is 6. The molecule has 20 heavy (non-hydrogen) atoms. The Labute approximate surface area is 111 Å². The third-order valence-electron chi connectivity index (χ3n) is 3.41. The summed E-state index contributed by atoms with van der Waals surface area (Å²) < 4.78 is 73.2. The first kappa shape index (κ1) is 17.1. The van der Waals surface area contributed by atoms with Gasteiger partial charge in [-0.3, -0.25) is 4.79 Å². The predicted octanol–water partition coefficient (Wildman–Crippen LogP) is 2.39. The molecule has 1 saturated carbocycles. The maximum Gasteiger partial charge on any atom is 0.416 e. The molecule has 0 saturated heterocycles. The molecule has 0 aliphatic heterocycles. The lowest BCUT2D eigenvalue weighted by atomic mass is 9.81. The fraction of sp³-hybridized carbons (Fsp3) is 0.909. The molecule has 1 amide bonds. The summed E-state index contributed by atoms with van der Waals surface area (Å²) in [5.74, 6) is -2.92. The van der Waals surface area contributed by atoms with Gasteiger partial charge in [0.15, 0.2) is 6.10 Å². The van der Waals surface area contributed by atoms with Crippen LogP contribution < -0.4 is 5.32 Å². The minimum atomic E-state index is -4.83. The summed E-state index contributed by atoms with van der Waals surface area (Å²) in [6, 6.07) is 0. The fourth-order valence-corrected chi connectivity index (χ4v) is 2.14. The smallest absolute Gasteiger partial charge is 0.382 e. The van der Waals surface area contributed by atoms with E-state index in [4.69, 9.17) is 5.11 Å². The number of carbonyl (C=O) groups excluding carboxylic acids is 1. The van der Waals surface area contributed by atoms with E-state index in [1.165, 1.54) is 0 Å². The van der Waals surface area contributed by atoms with Crippen molar-refractivity contribution in [3.05, 3.63) is 0 Å². The van der Waals surface area contributed by atoms with Crippen molar-refractivity contribution in [2.45, 2.75) is 44.1 Å². The topological polar surface area (TPSA) is 49.3 Å². The molecule has 118 valence electrons. The Morgan fingerprint density at radius 1 is 1.10 bits per heavy atom. The van der Waals surface area contributed by atoms with Crippen LogP contribution in [0.4, 0.5) is 26.3 Å². The predicted molar refractivity (Wildman–Crippen MR) is 56.6 cm³/mol. The molecule has 0 aromatic rings. The molecule has 1 aliphatic rings. The third-order valence-corrected chi connectivity index (χ3v) is 3.41. The fourth-order valence-electron chi connectivity index (χ4n) is 2.14. The van der Waals surface area contributed by atoms with Gasteiger partial charge in [-0.1, -0.05) is 0 Å². The third kappa shape index (κ3) is 4.84. The molecule has 3 nitrogen and oxygen atoms in total. The maximum absolute atomic E-state index is 12.4. The van der Waals surface area contributed by atoms with Crippen molar-refractivity contribution in [3.8, 4) is 0 Å². The van der Waals surface area contributed by atoms with Gasteiger partial charge in [0.25, 0.3) is 0 Å². The molecule has 0 heterocycles. The molecule has 0 aromatic heterocycles. The minimum Gasteiger partial charge on any atom is -0.382 e. The number of hydrogen-bond donors (Lipinski definition) is 2. The summed E-state index contributed by atoms with van der Waals surface area (Å²) in [5.41, 5.74) is 0. The van der Waals surface area contributed by atoms with Crippen LogP contribution in [0.5, 0.6) is 0 Å². The summed E-state index contributed by atoms with van der Waals surface area (Å²) in [7, 11) is 0. The van der Waals surface area contributed by atoms with Gasteiger partial charge >= 0.3 is 12.4 Å². The van der Waals surface area contributed by atoms with E-state index in [-0.39, 0.29) is 25.7 Å². The number of hydrogen-bond acceptors (Lipinski definition) is 2. The van der Waals surface area contributed by atoms with Crippen LogP contribution >= 0.6 is 0 Å². The number of aliphatic hydroxyl groups is 1. The molecule has 0 radical (unpaired) electrons. The maximum atomic E-state index is 12.4. The van der Waals surface area contributed by atoms with E-state index in [1.807, 2.05) is 5.32 Å². The van der Waals surface area contributed by atoms with Gasteiger partial charge in [-0.2, -0.15) is 26.3 Å². The van der Waals surface area contributed by atoms with Crippen molar-refractivity contribution in [2.75, 3.05) is 6.54 Å². The molecule has 0 bridgehead atoms. The summed E-state index contributed by atoms with van der Waals surface area (Å²) in [5, 5.41) is 10.6. The number of rotatable bonds is 3. The van der Waals surface area contributed by atoms with E-state index >= 15 is 0 Å². The molecule has 1 aliphatic carbocycles. The average molecular weight is 307 g/mol. The van der Waals surface area contributed by atoms with Crippen LogP contribution in [0, 0.1) is 11.8 Å². The zero-order chi connectivity index (χ0) is 15.6. The highest BCUT2D eigenvalue weighted by atomic mass is 19.4. The second-order valence-electron chi connectivity index (χ2n) is 4.89. The van der Waals surface area contributed by atoms with E-state index in [1.54, 1.807) is 0 Å². The summed E-state index contributed by atoms with van der Waals surface area (Å²) in [6.45, 7) is -0.985. The van der Waals surface area contributed by atoms with Crippen molar-refractivity contribution < 1.29 is 36.2 Å². The first-order valence-electron chi connectivity index (χ1n) is 6.11. The Kier molecular flexibility index (Phi) is 5.28. The zero-order valence-electron chi connectivity index (χ0n) is 10.4. The van der Waals surface area contributed by atoms with Crippen LogP contribution in [-0.4, -0.2) is 36.0 Å². The summed E-state index contributed by atoms with van der Waals surface area (Å²) in [6.07, 6.45) is -12.2. The van der Waals surface area contributed by atoms with Crippen molar-refractivity contribution >= 4 is 5.91 Å². The minimum absolute atomic E-state index is 0.0158. The molecule has 1 rings (SSSR count). The molecule has 0 spiro atoms. The summed E-state index contributed by atoms with van der Waals surface area (Å²) >= 11 is 0. The van der Waals surface area contributed by atoms with Gasteiger partial charge in [0.1, 0.15) is 0 Å². The van der Waals surface area contributed by atoms with Gasteiger partial charge in [0.2, 0.25) is 5.91 Å². The molecule has 9 heteroatoms. The second-order valence-corrected chi connectivity index (χ2v) is 4.89. The standard InChI is InChI=1S/C11H15F6NO2/c12-10(13,14)7-3-1-6(2-4-7)9(20)18-5-8(19)11(15,16)17/h6-8,19H,1-5H2,(H,18,20). The van der Waals surface area contributed by atoms with E-state index < -0.39 is 42.7 Å². The Hall–Kier alpha value is -0.990. The first-order valence-corrected chi connectivity index (χ1v) is 6.11. The number of amides is 1. The Morgan fingerprint density at radius 2 is 1.60 bits per heavy atom. The highest BCUT2D eigenvalue weighted by molar-refractivity contribution is 5.78. The molecule has 2 N–H and O–H groups in total. The van der Waals surface area contributed by atoms with E-state index in [0.717, 1.165) is 0 Å². The average Bonchev–Trinajstić information content (AvgIpc) is 2.33.